The average Bonchev–Trinajstić information content (AvgIpc) is 3.00. The Morgan fingerprint density at radius 1 is 1.23 bits per heavy atom. The van der Waals surface area contributed by atoms with Gasteiger partial charge in [0.2, 0.25) is 15.9 Å². The summed E-state index contributed by atoms with van der Waals surface area (Å²) in [5.41, 5.74) is 2.94. The fourth-order valence-electron chi connectivity index (χ4n) is 3.29. The van der Waals surface area contributed by atoms with Crippen LogP contribution in [0.15, 0.2) is 42.5 Å². The van der Waals surface area contributed by atoms with Crippen LogP contribution in [0.5, 0.6) is 0 Å². The van der Waals surface area contributed by atoms with Gasteiger partial charge in [-0.2, -0.15) is 0 Å². The maximum atomic E-state index is 13.1. The summed E-state index contributed by atoms with van der Waals surface area (Å²) in [4.78, 5) is 12.6. The van der Waals surface area contributed by atoms with Crippen LogP contribution in [0, 0.1) is 5.82 Å². The van der Waals surface area contributed by atoms with Crippen LogP contribution < -0.4 is 9.62 Å². The second-order valence-corrected chi connectivity index (χ2v) is 8.34. The van der Waals surface area contributed by atoms with Crippen molar-refractivity contribution in [3.8, 4) is 0 Å². The number of halogens is 1. The molecular weight excluding hydrogens is 355 g/mol. The first kappa shape index (κ1) is 18.4. The van der Waals surface area contributed by atoms with E-state index in [-0.39, 0.29) is 17.6 Å². The van der Waals surface area contributed by atoms with Crippen molar-refractivity contribution in [2.24, 2.45) is 0 Å². The highest BCUT2D eigenvalue weighted by molar-refractivity contribution is 7.92. The molecule has 1 heterocycles. The van der Waals surface area contributed by atoms with Gasteiger partial charge >= 0.3 is 0 Å². The molecule has 1 amide bonds. The minimum Gasteiger partial charge on any atom is -0.326 e. The van der Waals surface area contributed by atoms with Crippen molar-refractivity contribution in [1.82, 2.24) is 0 Å². The lowest BCUT2D eigenvalue weighted by molar-refractivity contribution is -0.117. The highest BCUT2D eigenvalue weighted by Crippen LogP contribution is 2.32. The second kappa shape index (κ2) is 7.07. The number of anilines is 2. The molecule has 1 N–H and O–H groups in total. The van der Waals surface area contributed by atoms with E-state index in [1.54, 1.807) is 24.3 Å². The Bertz CT molecular complexity index is 926. The van der Waals surface area contributed by atoms with E-state index < -0.39 is 10.0 Å². The molecule has 1 atom stereocenters. The normalized spacial score (nSPS) is 14.8. The molecule has 26 heavy (non-hydrogen) atoms. The summed E-state index contributed by atoms with van der Waals surface area (Å²) in [6, 6.07) is 11.2. The molecular formula is C19H21FN2O3S. The van der Waals surface area contributed by atoms with Gasteiger partial charge in [0, 0.05) is 12.2 Å². The van der Waals surface area contributed by atoms with E-state index in [0.29, 0.717) is 30.8 Å². The van der Waals surface area contributed by atoms with Gasteiger partial charge in [-0.1, -0.05) is 19.1 Å². The molecule has 0 fully saturated rings. The molecule has 1 aliphatic heterocycles. The van der Waals surface area contributed by atoms with Gasteiger partial charge in [0.15, 0.2) is 0 Å². The summed E-state index contributed by atoms with van der Waals surface area (Å²) in [6.07, 6.45) is 2.39. The average molecular weight is 376 g/mol. The first-order chi connectivity index (χ1) is 12.3. The van der Waals surface area contributed by atoms with Crippen molar-refractivity contribution in [2.45, 2.75) is 25.7 Å². The number of fused-ring (bicyclic) bond motifs is 1. The van der Waals surface area contributed by atoms with Crippen LogP contribution in [0.25, 0.3) is 0 Å². The van der Waals surface area contributed by atoms with Crippen molar-refractivity contribution in [3.05, 3.63) is 59.4 Å². The number of carbonyl (C=O) groups excluding carboxylic acids is 1. The van der Waals surface area contributed by atoms with E-state index in [1.165, 1.54) is 22.7 Å². The Morgan fingerprint density at radius 2 is 1.92 bits per heavy atom. The van der Waals surface area contributed by atoms with Gasteiger partial charge in [-0.05, 0) is 54.3 Å². The van der Waals surface area contributed by atoms with Gasteiger partial charge in [0.25, 0.3) is 0 Å². The monoisotopic (exact) mass is 376 g/mol. The molecule has 0 saturated heterocycles. The maximum Gasteiger partial charge on any atom is 0.232 e. The fourth-order valence-corrected chi connectivity index (χ4v) is 4.25. The topological polar surface area (TPSA) is 66.5 Å². The maximum absolute atomic E-state index is 13.1. The Balaban J connectivity index is 1.79. The van der Waals surface area contributed by atoms with E-state index >= 15 is 0 Å². The lowest BCUT2D eigenvalue weighted by atomic mass is 9.95. The summed E-state index contributed by atoms with van der Waals surface area (Å²) >= 11 is 0. The van der Waals surface area contributed by atoms with Gasteiger partial charge in [0.05, 0.1) is 17.9 Å². The number of amides is 1. The molecule has 2 aromatic rings. The molecule has 1 unspecified atom stereocenters. The van der Waals surface area contributed by atoms with Gasteiger partial charge < -0.3 is 5.32 Å². The van der Waals surface area contributed by atoms with Crippen molar-refractivity contribution in [1.29, 1.82) is 0 Å². The van der Waals surface area contributed by atoms with Crippen LogP contribution in [-0.2, 0) is 21.2 Å². The zero-order valence-electron chi connectivity index (χ0n) is 14.7. The number of sulfonamides is 1. The van der Waals surface area contributed by atoms with E-state index in [9.17, 15) is 17.6 Å². The lowest BCUT2D eigenvalue weighted by Gasteiger charge is -2.18. The van der Waals surface area contributed by atoms with Crippen LogP contribution in [-0.4, -0.2) is 27.1 Å². The number of nitrogens with one attached hydrogen (secondary N) is 1. The third kappa shape index (κ3) is 3.72. The van der Waals surface area contributed by atoms with Crippen molar-refractivity contribution in [2.75, 3.05) is 22.4 Å². The van der Waals surface area contributed by atoms with Crippen molar-refractivity contribution in [3.63, 3.8) is 0 Å². The zero-order chi connectivity index (χ0) is 18.9. The number of nitrogens with zero attached hydrogens (tertiary/aromatic N) is 1. The van der Waals surface area contributed by atoms with Crippen LogP contribution in [0.1, 0.15) is 30.4 Å². The number of carbonyl (C=O) groups is 1. The predicted molar refractivity (Wildman–Crippen MR) is 100 cm³/mol. The number of hydrogen-bond donors (Lipinski definition) is 1. The van der Waals surface area contributed by atoms with E-state index in [1.807, 2.05) is 13.0 Å². The summed E-state index contributed by atoms with van der Waals surface area (Å²) < 4.78 is 38.1. The van der Waals surface area contributed by atoms with E-state index in [2.05, 4.69) is 5.32 Å². The fraction of sp³-hybridized carbons (Fsp3) is 0.316. The number of rotatable bonds is 5. The zero-order valence-corrected chi connectivity index (χ0v) is 15.5. The van der Waals surface area contributed by atoms with Crippen LogP contribution in [0.4, 0.5) is 15.8 Å². The number of benzene rings is 2. The molecule has 0 saturated carbocycles. The third-order valence-electron chi connectivity index (χ3n) is 4.60. The van der Waals surface area contributed by atoms with Crippen molar-refractivity contribution < 1.29 is 17.6 Å². The Labute approximate surface area is 152 Å². The minimum atomic E-state index is -3.29. The first-order valence-corrected chi connectivity index (χ1v) is 10.3. The van der Waals surface area contributed by atoms with Gasteiger partial charge in [-0.25, -0.2) is 12.8 Å². The molecule has 1 aliphatic rings. The third-order valence-corrected chi connectivity index (χ3v) is 5.78. The molecule has 0 radical (unpaired) electrons. The first-order valence-electron chi connectivity index (χ1n) is 8.46. The van der Waals surface area contributed by atoms with E-state index in [0.717, 1.165) is 11.1 Å². The standard InChI is InChI=1S/C19H21FN2O3S/c1-3-17(13-4-6-15(20)7-5-13)19(23)21-16-8-9-18-14(12-16)10-11-22(18)26(2,24)25/h4-9,12,17H,3,10-11H2,1-2H3,(H,21,23). The Kier molecular flexibility index (Phi) is 5.00. The molecule has 0 aromatic heterocycles. The van der Waals surface area contributed by atoms with Gasteiger partial charge in [0.1, 0.15) is 5.82 Å². The summed E-state index contributed by atoms with van der Waals surface area (Å²) in [6.45, 7) is 2.32. The molecule has 7 heteroatoms. The largest absolute Gasteiger partial charge is 0.326 e. The summed E-state index contributed by atoms with van der Waals surface area (Å²) in [5, 5.41) is 2.89. The quantitative estimate of drug-likeness (QED) is 0.871. The minimum absolute atomic E-state index is 0.169. The van der Waals surface area contributed by atoms with Gasteiger partial charge in [-0.15, -0.1) is 0 Å². The highest BCUT2D eigenvalue weighted by atomic mass is 32.2. The molecule has 138 valence electrons. The smallest absolute Gasteiger partial charge is 0.232 e. The molecule has 0 bridgehead atoms. The van der Waals surface area contributed by atoms with Crippen LogP contribution >= 0.6 is 0 Å². The SMILES string of the molecule is CCC(C(=O)Nc1ccc2c(c1)CCN2S(C)(=O)=O)c1ccc(F)cc1. The van der Waals surface area contributed by atoms with Crippen LogP contribution in [0.2, 0.25) is 0 Å². The predicted octanol–water partition coefficient (Wildman–Crippen LogP) is 3.28. The second-order valence-electron chi connectivity index (χ2n) is 6.43. The molecule has 3 rings (SSSR count). The van der Waals surface area contributed by atoms with E-state index in [4.69, 9.17) is 0 Å². The Morgan fingerprint density at radius 3 is 2.54 bits per heavy atom. The molecule has 2 aromatic carbocycles. The highest BCUT2D eigenvalue weighted by Gasteiger charge is 2.26. The lowest BCUT2D eigenvalue weighted by Crippen LogP contribution is -2.27. The Hall–Kier alpha value is -2.41. The van der Waals surface area contributed by atoms with Gasteiger partial charge in [-0.3, -0.25) is 9.10 Å². The summed E-state index contributed by atoms with van der Waals surface area (Å²) in [7, 11) is -3.29. The number of hydrogen-bond acceptors (Lipinski definition) is 3. The molecule has 0 spiro atoms. The molecule has 0 aliphatic carbocycles. The molecule has 5 nitrogen and oxygen atoms in total. The van der Waals surface area contributed by atoms with Crippen LogP contribution in [0.3, 0.4) is 0 Å². The van der Waals surface area contributed by atoms with Crippen molar-refractivity contribution >= 4 is 27.3 Å². The summed E-state index contributed by atoms with van der Waals surface area (Å²) in [5.74, 6) is -0.883.